The van der Waals surface area contributed by atoms with Gasteiger partial charge in [-0.3, -0.25) is 9.59 Å². The second-order valence-corrected chi connectivity index (χ2v) is 4.45. The molecule has 2 unspecified atom stereocenters. The van der Waals surface area contributed by atoms with E-state index in [0.717, 1.165) is 19.3 Å². The fraction of sp³-hybridized carbons (Fsp3) is 0.818. The van der Waals surface area contributed by atoms with Crippen LogP contribution in [0.1, 0.15) is 25.7 Å². The van der Waals surface area contributed by atoms with Crippen molar-refractivity contribution < 1.29 is 9.59 Å². The SMILES string of the molecule is CNC(=O)CCN(C)C(=O)C1CCC(N)C1. The Morgan fingerprint density at radius 3 is 2.62 bits per heavy atom. The van der Waals surface area contributed by atoms with E-state index in [9.17, 15) is 9.59 Å². The van der Waals surface area contributed by atoms with Crippen LogP contribution in [0.2, 0.25) is 0 Å². The van der Waals surface area contributed by atoms with Gasteiger partial charge in [0.1, 0.15) is 0 Å². The zero-order valence-corrected chi connectivity index (χ0v) is 10.0. The molecule has 1 fully saturated rings. The number of nitrogens with zero attached hydrogens (tertiary/aromatic N) is 1. The summed E-state index contributed by atoms with van der Waals surface area (Å²) in [7, 11) is 3.34. The summed E-state index contributed by atoms with van der Waals surface area (Å²) in [5.74, 6) is 0.143. The Bertz CT molecular complexity index is 268. The molecule has 5 heteroatoms. The largest absolute Gasteiger partial charge is 0.359 e. The maximum Gasteiger partial charge on any atom is 0.225 e. The van der Waals surface area contributed by atoms with E-state index in [1.807, 2.05) is 0 Å². The first-order valence-corrected chi connectivity index (χ1v) is 5.75. The Balaban J connectivity index is 2.33. The second-order valence-electron chi connectivity index (χ2n) is 4.45. The van der Waals surface area contributed by atoms with Crippen LogP contribution in [-0.2, 0) is 9.59 Å². The summed E-state index contributed by atoms with van der Waals surface area (Å²) < 4.78 is 0. The minimum Gasteiger partial charge on any atom is -0.359 e. The smallest absolute Gasteiger partial charge is 0.225 e. The van der Waals surface area contributed by atoms with Crippen LogP contribution in [0, 0.1) is 5.92 Å². The number of rotatable bonds is 4. The maximum atomic E-state index is 11.9. The van der Waals surface area contributed by atoms with Crippen LogP contribution in [0.15, 0.2) is 0 Å². The van der Waals surface area contributed by atoms with Crippen LogP contribution in [-0.4, -0.2) is 43.4 Å². The van der Waals surface area contributed by atoms with E-state index in [-0.39, 0.29) is 23.8 Å². The molecule has 0 aliphatic heterocycles. The first-order chi connectivity index (χ1) is 7.54. The summed E-state index contributed by atoms with van der Waals surface area (Å²) >= 11 is 0. The van der Waals surface area contributed by atoms with Crippen LogP contribution in [0.5, 0.6) is 0 Å². The molecule has 1 rings (SSSR count). The molecule has 92 valence electrons. The molecule has 2 amide bonds. The Labute approximate surface area is 96.4 Å². The van der Waals surface area contributed by atoms with Gasteiger partial charge in [-0.05, 0) is 19.3 Å². The summed E-state index contributed by atoms with van der Waals surface area (Å²) in [6.07, 6.45) is 2.95. The van der Waals surface area contributed by atoms with Gasteiger partial charge >= 0.3 is 0 Å². The summed E-state index contributed by atoms with van der Waals surface area (Å²) in [5.41, 5.74) is 5.77. The van der Waals surface area contributed by atoms with Crippen molar-refractivity contribution in [1.82, 2.24) is 10.2 Å². The number of amides is 2. The first kappa shape index (κ1) is 13.0. The van der Waals surface area contributed by atoms with Gasteiger partial charge in [-0.1, -0.05) is 0 Å². The molecule has 0 aromatic carbocycles. The van der Waals surface area contributed by atoms with Crippen molar-refractivity contribution in [3.8, 4) is 0 Å². The first-order valence-electron chi connectivity index (χ1n) is 5.75. The van der Waals surface area contributed by atoms with Gasteiger partial charge in [-0.2, -0.15) is 0 Å². The summed E-state index contributed by atoms with van der Waals surface area (Å²) in [4.78, 5) is 24.6. The fourth-order valence-electron chi connectivity index (χ4n) is 2.06. The number of nitrogens with two attached hydrogens (primary N) is 1. The van der Waals surface area contributed by atoms with Gasteiger partial charge in [0, 0.05) is 39.0 Å². The van der Waals surface area contributed by atoms with Gasteiger partial charge < -0.3 is 16.0 Å². The number of carbonyl (C=O) groups is 2. The van der Waals surface area contributed by atoms with E-state index in [0.29, 0.717) is 13.0 Å². The summed E-state index contributed by atoms with van der Waals surface area (Å²) in [5, 5.41) is 2.54. The highest BCUT2D eigenvalue weighted by Gasteiger charge is 2.29. The lowest BCUT2D eigenvalue weighted by Crippen LogP contribution is -2.35. The van der Waals surface area contributed by atoms with Crippen molar-refractivity contribution in [2.45, 2.75) is 31.7 Å². The lowest BCUT2D eigenvalue weighted by atomic mass is 10.1. The van der Waals surface area contributed by atoms with Crippen molar-refractivity contribution in [2.24, 2.45) is 11.7 Å². The van der Waals surface area contributed by atoms with Crippen LogP contribution < -0.4 is 11.1 Å². The third kappa shape index (κ3) is 3.48. The highest BCUT2D eigenvalue weighted by molar-refractivity contribution is 5.80. The van der Waals surface area contributed by atoms with Crippen LogP contribution in [0.25, 0.3) is 0 Å². The monoisotopic (exact) mass is 227 g/mol. The minimum absolute atomic E-state index is 0.0391. The molecule has 3 N–H and O–H groups in total. The van der Waals surface area contributed by atoms with Crippen molar-refractivity contribution in [3.05, 3.63) is 0 Å². The molecule has 0 aromatic rings. The van der Waals surface area contributed by atoms with Crippen LogP contribution >= 0.6 is 0 Å². The molecular weight excluding hydrogens is 206 g/mol. The lowest BCUT2D eigenvalue weighted by Gasteiger charge is -2.20. The molecule has 2 atom stereocenters. The predicted octanol–water partition coefficient (Wildman–Crippen LogP) is -0.292. The predicted molar refractivity (Wildman–Crippen MR) is 61.6 cm³/mol. The molecule has 16 heavy (non-hydrogen) atoms. The van der Waals surface area contributed by atoms with Gasteiger partial charge in [0.05, 0.1) is 0 Å². The minimum atomic E-state index is -0.0391. The van der Waals surface area contributed by atoms with E-state index < -0.39 is 0 Å². The van der Waals surface area contributed by atoms with Crippen LogP contribution in [0.3, 0.4) is 0 Å². The van der Waals surface area contributed by atoms with Gasteiger partial charge in [0.25, 0.3) is 0 Å². The average molecular weight is 227 g/mol. The second kappa shape index (κ2) is 5.84. The Hall–Kier alpha value is -1.10. The molecule has 0 bridgehead atoms. The average Bonchev–Trinajstić information content (AvgIpc) is 2.71. The molecule has 1 saturated carbocycles. The van der Waals surface area contributed by atoms with Crippen molar-refractivity contribution in [3.63, 3.8) is 0 Å². The molecule has 0 saturated heterocycles. The van der Waals surface area contributed by atoms with Gasteiger partial charge in [-0.25, -0.2) is 0 Å². The van der Waals surface area contributed by atoms with Gasteiger partial charge in [0.2, 0.25) is 11.8 Å². The van der Waals surface area contributed by atoms with Crippen molar-refractivity contribution in [2.75, 3.05) is 20.6 Å². The summed E-state index contributed by atoms with van der Waals surface area (Å²) in [6.45, 7) is 0.476. The van der Waals surface area contributed by atoms with Crippen molar-refractivity contribution in [1.29, 1.82) is 0 Å². The number of hydrogen-bond donors (Lipinski definition) is 2. The molecule has 0 radical (unpaired) electrons. The molecule has 1 aliphatic carbocycles. The molecular formula is C11H21N3O2. The maximum absolute atomic E-state index is 11.9. The Kier molecular flexibility index (Phi) is 4.73. The third-order valence-corrected chi connectivity index (χ3v) is 3.15. The fourth-order valence-corrected chi connectivity index (χ4v) is 2.06. The molecule has 5 nitrogen and oxygen atoms in total. The van der Waals surface area contributed by atoms with Crippen molar-refractivity contribution >= 4 is 11.8 Å². The standard InChI is InChI=1S/C11H21N3O2/c1-13-10(15)5-6-14(2)11(16)8-3-4-9(12)7-8/h8-9H,3-7,12H2,1-2H3,(H,13,15). The topological polar surface area (TPSA) is 75.4 Å². The molecule has 0 heterocycles. The number of carbonyl (C=O) groups excluding carboxylic acids is 2. The zero-order valence-electron chi connectivity index (χ0n) is 10.0. The third-order valence-electron chi connectivity index (χ3n) is 3.15. The number of hydrogen-bond acceptors (Lipinski definition) is 3. The van der Waals surface area contributed by atoms with E-state index in [1.54, 1.807) is 19.0 Å². The highest BCUT2D eigenvalue weighted by Crippen LogP contribution is 2.25. The van der Waals surface area contributed by atoms with E-state index >= 15 is 0 Å². The van der Waals surface area contributed by atoms with Gasteiger partial charge in [-0.15, -0.1) is 0 Å². The van der Waals surface area contributed by atoms with E-state index in [2.05, 4.69) is 5.32 Å². The Morgan fingerprint density at radius 1 is 1.44 bits per heavy atom. The Morgan fingerprint density at radius 2 is 2.12 bits per heavy atom. The van der Waals surface area contributed by atoms with E-state index in [4.69, 9.17) is 5.73 Å². The van der Waals surface area contributed by atoms with Gasteiger partial charge in [0.15, 0.2) is 0 Å². The lowest BCUT2D eigenvalue weighted by molar-refractivity contribution is -0.134. The normalized spacial score (nSPS) is 24.2. The van der Waals surface area contributed by atoms with E-state index in [1.165, 1.54) is 0 Å². The zero-order chi connectivity index (χ0) is 12.1. The van der Waals surface area contributed by atoms with Crippen LogP contribution in [0.4, 0.5) is 0 Å². The molecule has 1 aliphatic rings. The molecule has 0 spiro atoms. The number of nitrogens with one attached hydrogen (secondary N) is 1. The highest BCUT2D eigenvalue weighted by atomic mass is 16.2. The quantitative estimate of drug-likeness (QED) is 0.693. The molecule has 0 aromatic heterocycles. The summed E-state index contributed by atoms with van der Waals surface area (Å²) in [6, 6.07) is 0.168.